The molecule has 0 radical (unpaired) electrons. The van der Waals surface area contributed by atoms with Crippen molar-refractivity contribution >= 4 is 10.9 Å². The van der Waals surface area contributed by atoms with Crippen LogP contribution in [0.25, 0.3) is 22.2 Å². The summed E-state index contributed by atoms with van der Waals surface area (Å²) in [7, 11) is 0. The zero-order valence-electron chi connectivity index (χ0n) is 12.5. The largest absolute Gasteiger partial charge is 0.380 e. The first-order valence-corrected chi connectivity index (χ1v) is 7.47. The number of benzene rings is 2. The number of nitro groups is 1. The van der Waals surface area contributed by atoms with Gasteiger partial charge in [-0.2, -0.15) is 0 Å². The molecule has 0 bridgehead atoms. The average Bonchev–Trinajstić information content (AvgIpc) is 2.84. The van der Waals surface area contributed by atoms with Gasteiger partial charge in [0.05, 0.1) is 33.9 Å². The molecule has 0 unspecified atom stereocenters. The van der Waals surface area contributed by atoms with Crippen LogP contribution in [-0.2, 0) is 10.5 Å². The van der Waals surface area contributed by atoms with Gasteiger partial charge in [-0.25, -0.2) is 4.98 Å². The molecule has 0 spiro atoms. The van der Waals surface area contributed by atoms with Crippen molar-refractivity contribution in [3.05, 3.63) is 75.8 Å². The van der Waals surface area contributed by atoms with Gasteiger partial charge >= 0.3 is 5.72 Å². The Bertz CT molecular complexity index is 938. The molecule has 3 aromatic rings. The first kappa shape index (κ1) is 13.8. The normalized spacial score (nSPS) is 18.7. The molecule has 0 saturated heterocycles. The molecule has 1 aromatic heterocycles. The zero-order valence-corrected chi connectivity index (χ0v) is 12.5. The van der Waals surface area contributed by atoms with Crippen LogP contribution in [0.4, 0.5) is 0 Å². The van der Waals surface area contributed by atoms with E-state index in [0.29, 0.717) is 16.8 Å². The maximum Gasteiger partial charge on any atom is 0.380 e. The summed E-state index contributed by atoms with van der Waals surface area (Å²) in [4.78, 5) is 16.4. The van der Waals surface area contributed by atoms with Gasteiger partial charge in [-0.05, 0) is 25.1 Å². The number of fused-ring (bicyclic) bond motifs is 4. The van der Waals surface area contributed by atoms with Crippen LogP contribution >= 0.6 is 0 Å². The summed E-state index contributed by atoms with van der Waals surface area (Å²) in [5, 5.41) is 12.9. The molecule has 1 atom stereocenters. The summed E-state index contributed by atoms with van der Waals surface area (Å²) in [6, 6.07) is 16.7. The molecule has 0 aliphatic heterocycles. The molecule has 5 nitrogen and oxygen atoms in total. The van der Waals surface area contributed by atoms with E-state index in [1.165, 1.54) is 0 Å². The average molecular weight is 306 g/mol. The topological polar surface area (TPSA) is 65.3 Å². The summed E-state index contributed by atoms with van der Waals surface area (Å²) >= 11 is 0. The van der Waals surface area contributed by atoms with Crippen LogP contribution in [0.2, 0.25) is 0 Å². The molecule has 0 saturated carbocycles. The van der Waals surface area contributed by atoms with Crippen LogP contribution in [0.1, 0.15) is 18.1 Å². The van der Waals surface area contributed by atoms with Crippen LogP contribution < -0.4 is 0 Å². The van der Waals surface area contributed by atoms with Crippen molar-refractivity contribution in [2.45, 2.75) is 12.6 Å². The first-order valence-electron chi connectivity index (χ1n) is 7.47. The van der Waals surface area contributed by atoms with Crippen molar-refractivity contribution in [2.75, 3.05) is 6.61 Å². The molecule has 0 fully saturated rings. The van der Waals surface area contributed by atoms with Gasteiger partial charge in [-0.15, -0.1) is 0 Å². The maximum absolute atomic E-state index is 12.0. The highest BCUT2D eigenvalue weighted by molar-refractivity contribution is 5.87. The molecule has 23 heavy (non-hydrogen) atoms. The molecular weight excluding hydrogens is 292 g/mol. The third-order valence-electron chi connectivity index (χ3n) is 4.25. The quantitative estimate of drug-likeness (QED) is 0.420. The summed E-state index contributed by atoms with van der Waals surface area (Å²) in [6.07, 6.45) is 0. The Kier molecular flexibility index (Phi) is 2.92. The van der Waals surface area contributed by atoms with E-state index >= 15 is 0 Å². The number of pyridine rings is 1. The van der Waals surface area contributed by atoms with Crippen molar-refractivity contribution < 1.29 is 9.66 Å². The monoisotopic (exact) mass is 306 g/mol. The third-order valence-corrected chi connectivity index (χ3v) is 4.25. The zero-order chi connectivity index (χ0) is 16.0. The number of aromatic nitrogens is 1. The van der Waals surface area contributed by atoms with Gasteiger partial charge in [0.15, 0.2) is 0 Å². The lowest BCUT2D eigenvalue weighted by Gasteiger charge is -2.22. The van der Waals surface area contributed by atoms with Crippen LogP contribution in [0.15, 0.2) is 54.6 Å². The SMILES string of the molecule is CCO[C@@]1([N+](=O)[O-])c2ccccc2-c2nc3ccccc3cc21. The molecule has 114 valence electrons. The summed E-state index contributed by atoms with van der Waals surface area (Å²) < 4.78 is 5.71. The minimum atomic E-state index is -1.68. The van der Waals surface area contributed by atoms with E-state index in [4.69, 9.17) is 4.74 Å². The van der Waals surface area contributed by atoms with E-state index in [-0.39, 0.29) is 11.5 Å². The second kappa shape index (κ2) is 4.86. The van der Waals surface area contributed by atoms with Crippen molar-refractivity contribution in [2.24, 2.45) is 0 Å². The molecule has 1 aliphatic carbocycles. The highest BCUT2D eigenvalue weighted by Gasteiger charge is 2.56. The van der Waals surface area contributed by atoms with E-state index in [0.717, 1.165) is 16.5 Å². The van der Waals surface area contributed by atoms with E-state index in [9.17, 15) is 10.1 Å². The van der Waals surface area contributed by atoms with Gasteiger partial charge < -0.3 is 4.74 Å². The minimum Gasteiger partial charge on any atom is -0.307 e. The first-order chi connectivity index (χ1) is 11.2. The fourth-order valence-electron chi connectivity index (χ4n) is 3.32. The Hall–Kier alpha value is -2.79. The van der Waals surface area contributed by atoms with Gasteiger partial charge in [-0.1, -0.05) is 36.4 Å². The van der Waals surface area contributed by atoms with Crippen molar-refractivity contribution in [3.8, 4) is 11.3 Å². The fraction of sp³-hybridized carbons (Fsp3) is 0.167. The molecule has 0 N–H and O–H groups in total. The van der Waals surface area contributed by atoms with Crippen molar-refractivity contribution in [3.63, 3.8) is 0 Å². The summed E-state index contributed by atoms with van der Waals surface area (Å²) in [5.74, 6) is 0. The lowest BCUT2D eigenvalue weighted by atomic mass is 10.0. The van der Waals surface area contributed by atoms with E-state index in [2.05, 4.69) is 4.98 Å². The number of para-hydroxylation sites is 1. The van der Waals surface area contributed by atoms with Crippen LogP contribution in [0, 0.1) is 10.1 Å². The van der Waals surface area contributed by atoms with Crippen molar-refractivity contribution in [1.29, 1.82) is 0 Å². The smallest absolute Gasteiger partial charge is 0.307 e. The molecule has 4 rings (SSSR count). The lowest BCUT2D eigenvalue weighted by Crippen LogP contribution is -2.37. The Morgan fingerprint density at radius 3 is 2.65 bits per heavy atom. The predicted molar refractivity (Wildman–Crippen MR) is 86.6 cm³/mol. The molecule has 1 aliphatic rings. The standard InChI is InChI=1S/C18H14N2O3/c1-2-23-18(20(21)22)14-9-5-4-8-13(14)17-15(18)11-12-7-3-6-10-16(12)19-17/h3-11H,2H2,1H3/t18-/m0/s1. The Morgan fingerprint density at radius 2 is 1.87 bits per heavy atom. The molecule has 0 amide bonds. The maximum atomic E-state index is 12.0. The third kappa shape index (κ3) is 1.74. The van der Waals surface area contributed by atoms with Gasteiger partial charge in [0.25, 0.3) is 0 Å². The van der Waals surface area contributed by atoms with Gasteiger partial charge in [0.2, 0.25) is 0 Å². The van der Waals surface area contributed by atoms with Gasteiger partial charge in [-0.3, -0.25) is 10.1 Å². The number of rotatable bonds is 3. The van der Waals surface area contributed by atoms with Gasteiger partial charge in [0, 0.05) is 10.9 Å². The van der Waals surface area contributed by atoms with Crippen LogP contribution in [0.5, 0.6) is 0 Å². The van der Waals surface area contributed by atoms with E-state index < -0.39 is 5.72 Å². The van der Waals surface area contributed by atoms with Crippen LogP contribution in [-0.4, -0.2) is 16.5 Å². The Morgan fingerprint density at radius 1 is 1.13 bits per heavy atom. The number of ether oxygens (including phenoxy) is 1. The molecular formula is C18H14N2O3. The Labute approximate surface area is 132 Å². The number of hydrogen-bond acceptors (Lipinski definition) is 4. The van der Waals surface area contributed by atoms with Gasteiger partial charge in [0.1, 0.15) is 0 Å². The van der Waals surface area contributed by atoms with E-state index in [1.54, 1.807) is 19.1 Å². The predicted octanol–water partition coefficient (Wildman–Crippen LogP) is 3.73. The Balaban J connectivity index is 2.14. The molecule has 2 aromatic carbocycles. The lowest BCUT2D eigenvalue weighted by molar-refractivity contribution is -0.625. The highest BCUT2D eigenvalue weighted by atomic mass is 16.7. The van der Waals surface area contributed by atoms with Crippen molar-refractivity contribution in [1.82, 2.24) is 4.98 Å². The van der Waals surface area contributed by atoms with E-state index in [1.807, 2.05) is 42.5 Å². The molecule has 5 heteroatoms. The summed E-state index contributed by atoms with van der Waals surface area (Å²) in [5.41, 5.74) is 1.58. The summed E-state index contributed by atoms with van der Waals surface area (Å²) in [6.45, 7) is 2.00. The fourth-order valence-corrected chi connectivity index (χ4v) is 3.32. The number of nitrogens with zero attached hydrogens (tertiary/aromatic N) is 2. The van der Waals surface area contributed by atoms with Crippen LogP contribution in [0.3, 0.4) is 0 Å². The number of hydrogen-bond donors (Lipinski definition) is 0. The highest BCUT2D eigenvalue weighted by Crippen LogP contribution is 2.49. The minimum absolute atomic E-state index is 0.238. The second-order valence-electron chi connectivity index (χ2n) is 5.46. The molecule has 1 heterocycles. The second-order valence-corrected chi connectivity index (χ2v) is 5.46.